The van der Waals surface area contributed by atoms with Gasteiger partial charge in [0.2, 0.25) is 0 Å². The Morgan fingerprint density at radius 3 is 2.95 bits per heavy atom. The van der Waals surface area contributed by atoms with Crippen molar-refractivity contribution in [2.24, 2.45) is 7.05 Å². The van der Waals surface area contributed by atoms with Crippen molar-refractivity contribution in [2.45, 2.75) is 0 Å². The van der Waals surface area contributed by atoms with Crippen molar-refractivity contribution >= 4 is 38.1 Å². The number of anilines is 1. The zero-order valence-corrected chi connectivity index (χ0v) is 12.0. The molecule has 1 amide bonds. The van der Waals surface area contributed by atoms with Crippen molar-refractivity contribution in [1.29, 1.82) is 0 Å². The van der Waals surface area contributed by atoms with Gasteiger partial charge >= 0.3 is 0 Å². The number of imidazole rings is 1. The monoisotopic (exact) mass is 297 g/mol. The molecule has 1 aromatic carbocycles. The summed E-state index contributed by atoms with van der Waals surface area (Å²) in [5.41, 5.74) is 2.12. The summed E-state index contributed by atoms with van der Waals surface area (Å²) in [5.74, 6) is -0.233. The summed E-state index contributed by atoms with van der Waals surface area (Å²) in [6, 6.07) is 8.03. The summed E-state index contributed by atoms with van der Waals surface area (Å²) in [6.45, 7) is 0. The van der Waals surface area contributed by atoms with Gasteiger partial charge in [-0.2, -0.15) is 5.10 Å². The molecule has 0 spiro atoms. The van der Waals surface area contributed by atoms with Crippen LogP contribution in [0.25, 0.3) is 15.2 Å². The maximum Gasteiger partial charge on any atom is 0.276 e. The van der Waals surface area contributed by atoms with Crippen LogP contribution in [-0.2, 0) is 7.05 Å². The van der Waals surface area contributed by atoms with E-state index in [-0.39, 0.29) is 5.91 Å². The van der Waals surface area contributed by atoms with Gasteiger partial charge in [-0.05, 0) is 12.1 Å². The van der Waals surface area contributed by atoms with Gasteiger partial charge in [0, 0.05) is 19.4 Å². The van der Waals surface area contributed by atoms with Crippen molar-refractivity contribution in [1.82, 2.24) is 19.2 Å². The number of amides is 1. The molecule has 0 saturated heterocycles. The van der Waals surface area contributed by atoms with Gasteiger partial charge in [0.25, 0.3) is 5.91 Å². The van der Waals surface area contributed by atoms with E-state index in [1.165, 1.54) is 0 Å². The van der Waals surface area contributed by atoms with E-state index >= 15 is 0 Å². The van der Waals surface area contributed by atoms with Crippen molar-refractivity contribution in [2.75, 3.05) is 5.32 Å². The molecule has 21 heavy (non-hydrogen) atoms. The largest absolute Gasteiger partial charge is 0.318 e. The van der Waals surface area contributed by atoms with Crippen molar-refractivity contribution < 1.29 is 4.79 Å². The molecule has 6 nitrogen and oxygen atoms in total. The summed E-state index contributed by atoms with van der Waals surface area (Å²) < 4.78 is 4.73. The van der Waals surface area contributed by atoms with Gasteiger partial charge in [-0.25, -0.2) is 4.98 Å². The Morgan fingerprint density at radius 1 is 1.29 bits per heavy atom. The lowest BCUT2D eigenvalue weighted by molar-refractivity contribution is 0.102. The molecule has 0 radical (unpaired) electrons. The molecule has 0 unspecified atom stereocenters. The third kappa shape index (κ3) is 1.98. The van der Waals surface area contributed by atoms with E-state index < -0.39 is 0 Å². The molecule has 0 saturated carbocycles. The molecule has 4 aromatic rings. The second-order valence-electron chi connectivity index (χ2n) is 4.71. The third-order valence-electron chi connectivity index (χ3n) is 3.19. The Kier molecular flexibility index (Phi) is 2.55. The first-order valence-electron chi connectivity index (χ1n) is 6.37. The number of nitrogens with zero attached hydrogens (tertiary/aromatic N) is 4. The number of aromatic nitrogens is 4. The number of thiazole rings is 1. The zero-order valence-electron chi connectivity index (χ0n) is 11.1. The van der Waals surface area contributed by atoms with Crippen LogP contribution < -0.4 is 5.32 Å². The molecule has 7 heteroatoms. The van der Waals surface area contributed by atoms with E-state index in [2.05, 4.69) is 15.4 Å². The molecule has 1 N–H and O–H groups in total. The van der Waals surface area contributed by atoms with Gasteiger partial charge in [0.05, 0.1) is 22.1 Å². The Morgan fingerprint density at radius 2 is 2.14 bits per heavy atom. The molecule has 4 rings (SSSR count). The van der Waals surface area contributed by atoms with Crippen LogP contribution >= 0.6 is 11.3 Å². The zero-order chi connectivity index (χ0) is 14.4. The lowest BCUT2D eigenvalue weighted by Gasteiger charge is -1.97. The van der Waals surface area contributed by atoms with E-state index in [0.29, 0.717) is 11.4 Å². The standard InChI is InChI=1S/C14H11N5OS/c1-18-7-9(6-15-18)16-13(20)10-8-19-11-4-2-3-5-12(11)21-14(19)17-10/h2-8H,1H3,(H,16,20). The third-order valence-corrected chi connectivity index (χ3v) is 4.23. The number of hydrogen-bond donors (Lipinski definition) is 1. The highest BCUT2D eigenvalue weighted by Crippen LogP contribution is 2.26. The van der Waals surface area contributed by atoms with Crippen LogP contribution in [0, 0.1) is 0 Å². The van der Waals surface area contributed by atoms with Gasteiger partial charge in [-0.15, -0.1) is 0 Å². The minimum absolute atomic E-state index is 0.233. The van der Waals surface area contributed by atoms with Crippen molar-refractivity contribution in [3.63, 3.8) is 0 Å². The summed E-state index contributed by atoms with van der Waals surface area (Å²) >= 11 is 1.57. The average Bonchev–Trinajstić information content (AvgIpc) is 3.12. The second kappa shape index (κ2) is 4.42. The molecule has 104 valence electrons. The quantitative estimate of drug-likeness (QED) is 0.618. The summed E-state index contributed by atoms with van der Waals surface area (Å²) in [6.07, 6.45) is 5.11. The molecule has 0 aliphatic heterocycles. The Labute approximate surface area is 123 Å². The fourth-order valence-electron chi connectivity index (χ4n) is 2.24. The van der Waals surface area contributed by atoms with Crippen LogP contribution in [0.15, 0.2) is 42.9 Å². The van der Waals surface area contributed by atoms with Gasteiger partial charge in [-0.1, -0.05) is 23.5 Å². The number of nitrogens with one attached hydrogen (secondary N) is 1. The average molecular weight is 297 g/mol. The van der Waals surface area contributed by atoms with E-state index in [4.69, 9.17) is 0 Å². The fraction of sp³-hybridized carbons (Fsp3) is 0.0714. The smallest absolute Gasteiger partial charge is 0.276 e. The molecule has 0 bridgehead atoms. The number of fused-ring (bicyclic) bond motifs is 3. The number of carbonyl (C=O) groups excluding carboxylic acids is 1. The molecule has 0 aliphatic rings. The number of rotatable bonds is 2. The number of carbonyl (C=O) groups is 1. The van der Waals surface area contributed by atoms with Crippen LogP contribution in [0.5, 0.6) is 0 Å². The van der Waals surface area contributed by atoms with Crippen molar-refractivity contribution in [3.8, 4) is 0 Å². The van der Waals surface area contributed by atoms with E-state index in [1.807, 2.05) is 28.7 Å². The summed E-state index contributed by atoms with van der Waals surface area (Å²) in [5, 5.41) is 6.80. The number of hydrogen-bond acceptors (Lipinski definition) is 4. The Hall–Kier alpha value is -2.67. The summed E-state index contributed by atoms with van der Waals surface area (Å²) in [7, 11) is 1.80. The van der Waals surface area contributed by atoms with Gasteiger partial charge in [0.15, 0.2) is 4.96 Å². The Balaban J connectivity index is 1.71. The maximum absolute atomic E-state index is 12.2. The maximum atomic E-state index is 12.2. The lowest BCUT2D eigenvalue weighted by Crippen LogP contribution is -2.11. The first kappa shape index (κ1) is 12.1. The Bertz CT molecular complexity index is 964. The second-order valence-corrected chi connectivity index (χ2v) is 5.71. The SMILES string of the molecule is Cn1cc(NC(=O)c2cn3c(n2)sc2ccccc23)cn1. The van der Waals surface area contributed by atoms with Gasteiger partial charge in [0.1, 0.15) is 5.69 Å². The predicted molar refractivity (Wildman–Crippen MR) is 81.7 cm³/mol. The lowest BCUT2D eigenvalue weighted by atomic mass is 10.3. The fourth-order valence-corrected chi connectivity index (χ4v) is 3.25. The van der Waals surface area contributed by atoms with E-state index in [1.54, 1.807) is 41.7 Å². The number of benzene rings is 1. The van der Waals surface area contributed by atoms with Crippen LogP contribution in [0.1, 0.15) is 10.5 Å². The molecule has 3 heterocycles. The van der Waals surface area contributed by atoms with Crippen LogP contribution in [0.3, 0.4) is 0 Å². The van der Waals surface area contributed by atoms with Gasteiger partial charge in [-0.3, -0.25) is 13.9 Å². The summed E-state index contributed by atoms with van der Waals surface area (Å²) in [4.78, 5) is 17.4. The van der Waals surface area contributed by atoms with Crippen LogP contribution in [0.4, 0.5) is 5.69 Å². The number of aryl methyl sites for hydroxylation is 1. The minimum Gasteiger partial charge on any atom is -0.318 e. The normalized spacial score (nSPS) is 11.3. The minimum atomic E-state index is -0.233. The highest BCUT2D eigenvalue weighted by molar-refractivity contribution is 7.23. The van der Waals surface area contributed by atoms with Gasteiger partial charge < -0.3 is 5.32 Å². The first-order chi connectivity index (χ1) is 10.2. The van der Waals surface area contributed by atoms with Crippen LogP contribution in [-0.4, -0.2) is 25.1 Å². The highest BCUT2D eigenvalue weighted by Gasteiger charge is 2.14. The molecular weight excluding hydrogens is 286 g/mol. The first-order valence-corrected chi connectivity index (χ1v) is 7.19. The molecule has 0 atom stereocenters. The molecule has 0 aliphatic carbocycles. The van der Waals surface area contributed by atoms with E-state index in [9.17, 15) is 4.79 Å². The number of para-hydroxylation sites is 1. The predicted octanol–water partition coefficient (Wildman–Crippen LogP) is 2.53. The molecule has 0 fully saturated rings. The molecular formula is C14H11N5OS. The highest BCUT2D eigenvalue weighted by atomic mass is 32.1. The van der Waals surface area contributed by atoms with E-state index in [0.717, 1.165) is 15.2 Å². The van der Waals surface area contributed by atoms with Crippen molar-refractivity contribution in [3.05, 3.63) is 48.5 Å². The van der Waals surface area contributed by atoms with Crippen LogP contribution in [0.2, 0.25) is 0 Å². The topological polar surface area (TPSA) is 64.2 Å². The molecule has 3 aromatic heterocycles.